The molecule has 0 aliphatic heterocycles. The summed E-state index contributed by atoms with van der Waals surface area (Å²) >= 11 is 6.48. The molecule has 1 aromatic rings. The average molecular weight is 313 g/mol. The summed E-state index contributed by atoms with van der Waals surface area (Å²) in [6, 6.07) is 4.42. The molecule has 1 atom stereocenters. The molecule has 1 aliphatic carbocycles. The van der Waals surface area contributed by atoms with Gasteiger partial charge >= 0.3 is 0 Å². The number of hydrogen-bond acceptors (Lipinski definition) is 4. The van der Waals surface area contributed by atoms with Crippen LogP contribution in [0.4, 0.5) is 0 Å². The maximum Gasteiger partial charge on any atom is 0.179 e. The number of methoxy groups -OCH3 is 2. The Balaban J connectivity index is 2.20. The van der Waals surface area contributed by atoms with E-state index in [0.29, 0.717) is 29.1 Å². The van der Waals surface area contributed by atoms with Crippen molar-refractivity contribution >= 4 is 11.6 Å². The molecule has 4 nitrogen and oxygen atoms in total. The predicted octanol–water partition coefficient (Wildman–Crippen LogP) is 3.28. The number of nitrogens with two attached hydrogens (primary N) is 1. The Labute approximate surface area is 131 Å². The molecule has 1 aliphatic rings. The fourth-order valence-corrected chi connectivity index (χ4v) is 3.38. The Bertz CT molecular complexity index is 462. The summed E-state index contributed by atoms with van der Waals surface area (Å²) < 4.78 is 10.6. The van der Waals surface area contributed by atoms with Crippen LogP contribution in [0.25, 0.3) is 0 Å². The molecular formula is C16H25ClN2O2. The van der Waals surface area contributed by atoms with Crippen LogP contribution < -0.4 is 20.5 Å². The number of nitrogens with one attached hydrogen (secondary N) is 1. The maximum absolute atomic E-state index is 6.48. The zero-order chi connectivity index (χ0) is 15.2. The molecular weight excluding hydrogens is 288 g/mol. The Morgan fingerprint density at radius 3 is 2.52 bits per heavy atom. The van der Waals surface area contributed by atoms with Gasteiger partial charge in [-0.3, -0.25) is 0 Å². The first-order valence-electron chi connectivity index (χ1n) is 7.57. The predicted molar refractivity (Wildman–Crippen MR) is 86.4 cm³/mol. The maximum atomic E-state index is 6.48. The highest BCUT2D eigenvalue weighted by Crippen LogP contribution is 2.39. The van der Waals surface area contributed by atoms with Crippen molar-refractivity contribution in [3.05, 3.63) is 22.7 Å². The van der Waals surface area contributed by atoms with Gasteiger partial charge < -0.3 is 20.5 Å². The first-order chi connectivity index (χ1) is 10.2. The fourth-order valence-electron chi connectivity index (χ4n) is 3.01. The SMILES string of the molecule is COc1ccc(C(CN)NC2CCCCC2)c(Cl)c1OC. The lowest BCUT2D eigenvalue weighted by atomic mass is 9.94. The van der Waals surface area contributed by atoms with E-state index >= 15 is 0 Å². The zero-order valence-electron chi connectivity index (χ0n) is 12.8. The molecule has 0 aromatic heterocycles. The summed E-state index contributed by atoms with van der Waals surface area (Å²) in [6.45, 7) is 0.506. The molecule has 3 N–H and O–H groups in total. The molecule has 118 valence electrons. The molecule has 1 fully saturated rings. The van der Waals surface area contributed by atoms with Crippen molar-refractivity contribution in [2.24, 2.45) is 5.73 Å². The zero-order valence-corrected chi connectivity index (χ0v) is 13.6. The van der Waals surface area contributed by atoms with E-state index in [4.69, 9.17) is 26.8 Å². The Kier molecular flexibility index (Phi) is 6.15. The van der Waals surface area contributed by atoms with Gasteiger partial charge in [0.15, 0.2) is 11.5 Å². The van der Waals surface area contributed by atoms with E-state index in [1.165, 1.54) is 32.1 Å². The number of rotatable bonds is 6. The molecule has 1 aromatic carbocycles. The van der Waals surface area contributed by atoms with E-state index in [2.05, 4.69) is 5.32 Å². The van der Waals surface area contributed by atoms with Crippen LogP contribution in [0.3, 0.4) is 0 Å². The molecule has 0 spiro atoms. The van der Waals surface area contributed by atoms with Gasteiger partial charge in [0.25, 0.3) is 0 Å². The van der Waals surface area contributed by atoms with Crippen LogP contribution in [-0.4, -0.2) is 26.8 Å². The third-order valence-corrected chi connectivity index (χ3v) is 4.56. The van der Waals surface area contributed by atoms with Gasteiger partial charge in [-0.1, -0.05) is 36.9 Å². The number of hydrogen-bond donors (Lipinski definition) is 2. The highest BCUT2D eigenvalue weighted by atomic mass is 35.5. The lowest BCUT2D eigenvalue weighted by Gasteiger charge is -2.29. The van der Waals surface area contributed by atoms with Crippen LogP contribution in [0.5, 0.6) is 11.5 Å². The minimum atomic E-state index is 0.0420. The molecule has 1 unspecified atom stereocenters. The number of halogens is 1. The largest absolute Gasteiger partial charge is 0.493 e. The van der Waals surface area contributed by atoms with Crippen LogP contribution in [0.2, 0.25) is 5.02 Å². The fraction of sp³-hybridized carbons (Fsp3) is 0.625. The van der Waals surface area contributed by atoms with Gasteiger partial charge in [0, 0.05) is 18.6 Å². The Morgan fingerprint density at radius 1 is 1.24 bits per heavy atom. The quantitative estimate of drug-likeness (QED) is 0.846. The minimum Gasteiger partial charge on any atom is -0.493 e. The van der Waals surface area contributed by atoms with E-state index in [-0.39, 0.29) is 6.04 Å². The molecule has 0 bridgehead atoms. The average Bonchev–Trinajstić information content (AvgIpc) is 2.53. The van der Waals surface area contributed by atoms with Crippen LogP contribution in [0.15, 0.2) is 12.1 Å². The van der Waals surface area contributed by atoms with Crippen molar-refractivity contribution in [3.8, 4) is 11.5 Å². The molecule has 0 amide bonds. The summed E-state index contributed by atoms with van der Waals surface area (Å²) in [4.78, 5) is 0. The van der Waals surface area contributed by atoms with Crippen molar-refractivity contribution in [2.75, 3.05) is 20.8 Å². The lowest BCUT2D eigenvalue weighted by Crippen LogP contribution is -2.38. The second kappa shape index (κ2) is 7.87. The van der Waals surface area contributed by atoms with E-state index in [0.717, 1.165) is 5.56 Å². The minimum absolute atomic E-state index is 0.0420. The molecule has 5 heteroatoms. The van der Waals surface area contributed by atoms with Gasteiger partial charge in [-0.15, -0.1) is 0 Å². The third-order valence-electron chi connectivity index (χ3n) is 4.17. The van der Waals surface area contributed by atoms with E-state index in [1.54, 1.807) is 14.2 Å². The van der Waals surface area contributed by atoms with Gasteiger partial charge in [0.05, 0.1) is 19.2 Å². The Hall–Kier alpha value is -0.970. The molecule has 0 radical (unpaired) electrons. The van der Waals surface area contributed by atoms with Gasteiger partial charge in [0.2, 0.25) is 0 Å². The van der Waals surface area contributed by atoms with Gasteiger partial charge in [-0.05, 0) is 24.5 Å². The van der Waals surface area contributed by atoms with E-state index < -0.39 is 0 Å². The van der Waals surface area contributed by atoms with Crippen LogP contribution in [0.1, 0.15) is 43.7 Å². The molecule has 2 rings (SSSR count). The summed E-state index contributed by atoms with van der Waals surface area (Å²) in [7, 11) is 3.20. The summed E-state index contributed by atoms with van der Waals surface area (Å²) in [5.41, 5.74) is 6.93. The standard InChI is InChI=1S/C16H25ClN2O2/c1-20-14-9-8-12(15(17)16(14)21-2)13(10-18)19-11-6-4-3-5-7-11/h8-9,11,13,19H,3-7,10,18H2,1-2H3. The smallest absolute Gasteiger partial charge is 0.179 e. The normalized spacial score (nSPS) is 17.5. The van der Waals surface area contributed by atoms with Crippen LogP contribution >= 0.6 is 11.6 Å². The van der Waals surface area contributed by atoms with Crippen molar-refractivity contribution in [2.45, 2.75) is 44.2 Å². The van der Waals surface area contributed by atoms with Gasteiger partial charge in [0.1, 0.15) is 0 Å². The topological polar surface area (TPSA) is 56.5 Å². The Morgan fingerprint density at radius 2 is 1.95 bits per heavy atom. The lowest BCUT2D eigenvalue weighted by molar-refractivity contribution is 0.337. The second-order valence-corrected chi connectivity index (χ2v) is 5.87. The molecule has 0 saturated heterocycles. The molecule has 0 heterocycles. The number of ether oxygens (including phenoxy) is 2. The van der Waals surface area contributed by atoms with Gasteiger partial charge in [-0.25, -0.2) is 0 Å². The first kappa shape index (κ1) is 16.4. The van der Waals surface area contributed by atoms with E-state index in [9.17, 15) is 0 Å². The molecule has 21 heavy (non-hydrogen) atoms. The molecule has 1 saturated carbocycles. The second-order valence-electron chi connectivity index (χ2n) is 5.49. The third kappa shape index (κ3) is 3.82. The monoisotopic (exact) mass is 312 g/mol. The highest BCUT2D eigenvalue weighted by molar-refractivity contribution is 6.33. The van der Waals surface area contributed by atoms with Crippen molar-refractivity contribution in [1.82, 2.24) is 5.32 Å². The van der Waals surface area contributed by atoms with Gasteiger partial charge in [-0.2, -0.15) is 0 Å². The number of benzene rings is 1. The van der Waals surface area contributed by atoms with Crippen molar-refractivity contribution < 1.29 is 9.47 Å². The van der Waals surface area contributed by atoms with Crippen LogP contribution in [-0.2, 0) is 0 Å². The van der Waals surface area contributed by atoms with E-state index in [1.807, 2.05) is 12.1 Å². The summed E-state index contributed by atoms with van der Waals surface area (Å²) in [6.07, 6.45) is 6.33. The highest BCUT2D eigenvalue weighted by Gasteiger charge is 2.22. The van der Waals surface area contributed by atoms with Crippen LogP contribution in [0, 0.1) is 0 Å². The van der Waals surface area contributed by atoms with Crippen molar-refractivity contribution in [3.63, 3.8) is 0 Å². The summed E-state index contributed by atoms with van der Waals surface area (Å²) in [5.74, 6) is 1.21. The van der Waals surface area contributed by atoms with Crippen molar-refractivity contribution in [1.29, 1.82) is 0 Å². The first-order valence-corrected chi connectivity index (χ1v) is 7.95. The summed E-state index contributed by atoms with van der Waals surface area (Å²) in [5, 5.41) is 4.22.